The second-order valence-corrected chi connectivity index (χ2v) is 8.78. The molecule has 0 aliphatic carbocycles. The quantitative estimate of drug-likeness (QED) is 0.243. The number of carbonyl (C=O) groups is 1. The summed E-state index contributed by atoms with van der Waals surface area (Å²) in [6.45, 7) is 10.1. The molecule has 1 fully saturated rings. The first kappa shape index (κ1) is 28.4. The van der Waals surface area contributed by atoms with Crippen LogP contribution >= 0.6 is 24.0 Å². The van der Waals surface area contributed by atoms with Gasteiger partial charge in [-0.15, -0.1) is 24.0 Å². The minimum Gasteiger partial charge on any atom is -0.444 e. The number of hydrogen-bond acceptors (Lipinski definition) is 5. The van der Waals surface area contributed by atoms with Crippen molar-refractivity contribution in [3.63, 3.8) is 0 Å². The van der Waals surface area contributed by atoms with Gasteiger partial charge >= 0.3 is 6.09 Å². The molecular formula is C23H40IN5O3. The summed E-state index contributed by atoms with van der Waals surface area (Å²) in [4.78, 5) is 18.7. The zero-order valence-corrected chi connectivity index (χ0v) is 22.4. The third kappa shape index (κ3) is 10.8. The molecule has 0 saturated carbocycles. The van der Waals surface area contributed by atoms with Crippen LogP contribution in [0.1, 0.15) is 39.2 Å². The minimum absolute atomic E-state index is 0. The molecule has 3 N–H and O–H groups in total. The number of guanidine groups is 1. The van der Waals surface area contributed by atoms with Gasteiger partial charge in [0, 0.05) is 45.5 Å². The molecule has 1 unspecified atom stereocenters. The van der Waals surface area contributed by atoms with Gasteiger partial charge in [0.05, 0.1) is 6.61 Å². The van der Waals surface area contributed by atoms with Crippen LogP contribution in [0.25, 0.3) is 0 Å². The van der Waals surface area contributed by atoms with Crippen LogP contribution in [0.3, 0.4) is 0 Å². The summed E-state index contributed by atoms with van der Waals surface area (Å²) in [5.74, 6) is 0.821. The number of methoxy groups -OCH3 is 1. The first-order valence-electron chi connectivity index (χ1n) is 11.1. The lowest BCUT2D eigenvalue weighted by Crippen LogP contribution is -2.45. The molecule has 182 valence electrons. The number of anilines is 1. The number of aliphatic imine (C=N–C) groups is 1. The van der Waals surface area contributed by atoms with Gasteiger partial charge in [-0.2, -0.15) is 0 Å². The molecule has 1 saturated heterocycles. The van der Waals surface area contributed by atoms with E-state index >= 15 is 0 Å². The second kappa shape index (κ2) is 14.5. The van der Waals surface area contributed by atoms with Crippen LogP contribution in [0.15, 0.2) is 29.3 Å². The Morgan fingerprint density at radius 3 is 2.56 bits per heavy atom. The van der Waals surface area contributed by atoms with Gasteiger partial charge in [-0.05, 0) is 64.3 Å². The fourth-order valence-corrected chi connectivity index (χ4v) is 3.57. The van der Waals surface area contributed by atoms with E-state index in [1.807, 2.05) is 45.0 Å². The molecule has 1 amide bonds. The molecule has 1 aromatic carbocycles. The Labute approximate surface area is 209 Å². The van der Waals surface area contributed by atoms with Gasteiger partial charge in [-0.1, -0.05) is 12.1 Å². The molecular weight excluding hydrogens is 521 g/mol. The lowest BCUT2D eigenvalue weighted by molar-refractivity contribution is 0.0636. The molecule has 0 radical (unpaired) electrons. The highest BCUT2D eigenvalue weighted by molar-refractivity contribution is 14.0. The van der Waals surface area contributed by atoms with Crippen molar-refractivity contribution in [1.29, 1.82) is 0 Å². The van der Waals surface area contributed by atoms with E-state index in [1.165, 1.54) is 18.4 Å². The lowest BCUT2D eigenvalue weighted by atomic mass is 10.1. The van der Waals surface area contributed by atoms with Crippen LogP contribution in [-0.2, 0) is 15.9 Å². The number of benzene rings is 1. The normalized spacial score (nSPS) is 16.9. The molecule has 1 aliphatic rings. The maximum absolute atomic E-state index is 11.8. The molecule has 8 nitrogen and oxygen atoms in total. The summed E-state index contributed by atoms with van der Waals surface area (Å²) >= 11 is 0. The van der Waals surface area contributed by atoms with Crippen LogP contribution in [-0.4, -0.2) is 75.5 Å². The van der Waals surface area contributed by atoms with Crippen molar-refractivity contribution in [3.8, 4) is 0 Å². The summed E-state index contributed by atoms with van der Waals surface area (Å²) < 4.78 is 10.5. The van der Waals surface area contributed by atoms with Crippen LogP contribution in [0, 0.1) is 0 Å². The number of rotatable bonds is 9. The molecule has 0 bridgehead atoms. The van der Waals surface area contributed by atoms with E-state index in [-0.39, 0.29) is 24.0 Å². The van der Waals surface area contributed by atoms with Crippen molar-refractivity contribution in [2.75, 3.05) is 52.3 Å². The molecule has 9 heteroatoms. The van der Waals surface area contributed by atoms with E-state index in [0.717, 1.165) is 50.9 Å². The Balaban J connectivity index is 0.00000512. The highest BCUT2D eigenvalue weighted by Crippen LogP contribution is 2.16. The van der Waals surface area contributed by atoms with Gasteiger partial charge < -0.3 is 20.1 Å². The Morgan fingerprint density at radius 1 is 1.22 bits per heavy atom. The fraction of sp³-hybridized carbons (Fsp3) is 0.652. The van der Waals surface area contributed by atoms with Gasteiger partial charge in [-0.3, -0.25) is 15.2 Å². The lowest BCUT2D eigenvalue weighted by Gasteiger charge is -2.25. The monoisotopic (exact) mass is 561 g/mol. The predicted octanol–water partition coefficient (Wildman–Crippen LogP) is 3.47. The van der Waals surface area contributed by atoms with Crippen LogP contribution in [0.4, 0.5) is 10.5 Å². The third-order valence-electron chi connectivity index (χ3n) is 5.12. The minimum atomic E-state index is -0.512. The summed E-state index contributed by atoms with van der Waals surface area (Å²) in [5.41, 5.74) is 1.39. The van der Waals surface area contributed by atoms with E-state index in [2.05, 4.69) is 25.8 Å². The summed E-state index contributed by atoms with van der Waals surface area (Å²) in [6.07, 6.45) is 2.86. The average Bonchev–Trinajstić information content (AvgIpc) is 3.16. The van der Waals surface area contributed by atoms with E-state index in [1.54, 1.807) is 14.2 Å². The van der Waals surface area contributed by atoms with Gasteiger partial charge in [0.25, 0.3) is 0 Å². The zero-order valence-electron chi connectivity index (χ0n) is 20.1. The molecule has 2 rings (SSSR count). The number of nitrogens with one attached hydrogen (secondary N) is 3. The van der Waals surface area contributed by atoms with Crippen LogP contribution in [0.2, 0.25) is 0 Å². The average molecular weight is 562 g/mol. The van der Waals surface area contributed by atoms with Gasteiger partial charge in [0.2, 0.25) is 0 Å². The Morgan fingerprint density at radius 2 is 1.94 bits per heavy atom. The highest BCUT2D eigenvalue weighted by Gasteiger charge is 2.23. The topological polar surface area (TPSA) is 87.2 Å². The highest BCUT2D eigenvalue weighted by atomic mass is 127. The molecule has 1 atom stereocenters. The summed E-state index contributed by atoms with van der Waals surface area (Å²) in [6, 6.07) is 8.33. The SMILES string of the molecule is CN=C(NCCc1ccc(NC(=O)OC(C)(C)C)cc1)NCC1CCCN1CCOC.I. The van der Waals surface area contributed by atoms with Crippen LogP contribution < -0.4 is 16.0 Å². The van der Waals surface area contributed by atoms with Crippen molar-refractivity contribution in [3.05, 3.63) is 29.8 Å². The van der Waals surface area contributed by atoms with E-state index in [9.17, 15) is 4.79 Å². The van der Waals surface area contributed by atoms with Crippen molar-refractivity contribution >= 4 is 41.7 Å². The van der Waals surface area contributed by atoms with Crippen molar-refractivity contribution in [1.82, 2.24) is 15.5 Å². The maximum Gasteiger partial charge on any atom is 0.412 e. The smallest absolute Gasteiger partial charge is 0.412 e. The van der Waals surface area contributed by atoms with E-state index in [0.29, 0.717) is 6.04 Å². The molecule has 1 heterocycles. The molecule has 1 aliphatic heterocycles. The number of likely N-dealkylation sites (tertiary alicyclic amines) is 1. The van der Waals surface area contributed by atoms with Crippen molar-refractivity contribution in [2.45, 2.75) is 51.7 Å². The Kier molecular flexibility index (Phi) is 12.9. The van der Waals surface area contributed by atoms with Crippen molar-refractivity contribution < 1.29 is 14.3 Å². The van der Waals surface area contributed by atoms with Crippen molar-refractivity contribution in [2.24, 2.45) is 4.99 Å². The molecule has 1 aromatic rings. The standard InChI is InChI=1S/C23H39N5O3.HI/c1-23(2,3)31-22(29)27-19-10-8-18(9-11-19)12-13-25-21(24-4)26-17-20-7-6-14-28(20)15-16-30-5;/h8-11,20H,6-7,12-17H2,1-5H3,(H,27,29)(H2,24,25,26);1H. The Hall–Kier alpha value is -1.59. The predicted molar refractivity (Wildman–Crippen MR) is 141 cm³/mol. The van der Waals surface area contributed by atoms with Gasteiger partial charge in [-0.25, -0.2) is 4.79 Å². The summed E-state index contributed by atoms with van der Waals surface area (Å²) in [7, 11) is 3.55. The largest absolute Gasteiger partial charge is 0.444 e. The Bertz CT molecular complexity index is 707. The third-order valence-corrected chi connectivity index (χ3v) is 5.12. The number of amides is 1. The summed E-state index contributed by atoms with van der Waals surface area (Å²) in [5, 5.41) is 9.58. The number of hydrogen-bond donors (Lipinski definition) is 3. The number of nitrogens with zero attached hydrogens (tertiary/aromatic N) is 2. The maximum atomic E-state index is 11.8. The fourth-order valence-electron chi connectivity index (χ4n) is 3.57. The van der Waals surface area contributed by atoms with Crippen LogP contribution in [0.5, 0.6) is 0 Å². The van der Waals surface area contributed by atoms with Gasteiger partial charge in [0.15, 0.2) is 5.96 Å². The number of ether oxygens (including phenoxy) is 2. The van der Waals surface area contributed by atoms with E-state index < -0.39 is 11.7 Å². The molecule has 0 spiro atoms. The molecule has 32 heavy (non-hydrogen) atoms. The van der Waals surface area contributed by atoms with E-state index in [4.69, 9.17) is 9.47 Å². The zero-order chi connectivity index (χ0) is 22.7. The number of carbonyl (C=O) groups excluding carboxylic acids is 1. The first-order chi connectivity index (χ1) is 14.8. The second-order valence-electron chi connectivity index (χ2n) is 8.78. The van der Waals surface area contributed by atoms with Gasteiger partial charge in [0.1, 0.15) is 5.60 Å². The first-order valence-corrected chi connectivity index (χ1v) is 11.1. The molecule has 0 aromatic heterocycles. The number of halogens is 1.